The zero-order valence-electron chi connectivity index (χ0n) is 12.0. The molecule has 4 aromatic rings. The van der Waals surface area contributed by atoms with Crippen molar-refractivity contribution in [3.05, 3.63) is 65.3 Å². The molecule has 112 valence electrons. The molecule has 0 fully saturated rings. The first-order valence-corrected chi connectivity index (χ1v) is 7.88. The summed E-state index contributed by atoms with van der Waals surface area (Å²) in [5.41, 5.74) is 5.31. The van der Waals surface area contributed by atoms with Crippen LogP contribution in [-0.2, 0) is 0 Å². The number of aromatic nitrogens is 2. The van der Waals surface area contributed by atoms with Crippen molar-refractivity contribution in [2.75, 3.05) is 0 Å². The summed E-state index contributed by atoms with van der Waals surface area (Å²) in [6.07, 6.45) is 3.49. The molecule has 2 N–H and O–H groups in total. The second kappa shape index (κ2) is 5.66. The van der Waals surface area contributed by atoms with E-state index in [1.165, 1.54) is 11.3 Å². The van der Waals surface area contributed by atoms with Crippen molar-refractivity contribution >= 4 is 44.6 Å². The molecule has 6 heteroatoms. The van der Waals surface area contributed by atoms with E-state index in [1.54, 1.807) is 6.21 Å². The van der Waals surface area contributed by atoms with Gasteiger partial charge in [-0.05, 0) is 18.2 Å². The van der Waals surface area contributed by atoms with Crippen LogP contribution in [0.15, 0.2) is 59.8 Å². The van der Waals surface area contributed by atoms with Crippen LogP contribution in [0.4, 0.5) is 0 Å². The summed E-state index contributed by atoms with van der Waals surface area (Å²) in [4.78, 5) is 19.6. The van der Waals surface area contributed by atoms with Crippen molar-refractivity contribution in [2.24, 2.45) is 5.10 Å². The molecule has 2 aromatic heterocycles. The van der Waals surface area contributed by atoms with E-state index in [4.69, 9.17) is 0 Å². The van der Waals surface area contributed by atoms with Crippen molar-refractivity contribution < 1.29 is 4.79 Å². The number of hydrogen-bond donors (Lipinski definition) is 2. The van der Waals surface area contributed by atoms with Crippen LogP contribution >= 0.6 is 11.3 Å². The number of carbonyl (C=O) groups excluding carboxylic acids is 1. The first kappa shape index (κ1) is 13.7. The molecule has 5 nitrogen and oxygen atoms in total. The van der Waals surface area contributed by atoms with Crippen molar-refractivity contribution in [1.82, 2.24) is 15.4 Å². The van der Waals surface area contributed by atoms with Crippen molar-refractivity contribution in [3.8, 4) is 0 Å². The van der Waals surface area contributed by atoms with E-state index in [9.17, 15) is 4.79 Å². The first-order chi connectivity index (χ1) is 11.3. The number of benzene rings is 2. The van der Waals surface area contributed by atoms with Gasteiger partial charge in [0.2, 0.25) is 0 Å². The van der Waals surface area contributed by atoms with E-state index in [1.807, 2.05) is 54.7 Å². The Morgan fingerprint density at radius 3 is 2.91 bits per heavy atom. The molecule has 0 aliphatic carbocycles. The zero-order chi connectivity index (χ0) is 15.6. The number of rotatable bonds is 3. The maximum atomic E-state index is 12.1. The van der Waals surface area contributed by atoms with Gasteiger partial charge in [-0.3, -0.25) is 4.79 Å². The highest BCUT2D eigenvalue weighted by Crippen LogP contribution is 2.21. The molecule has 4 rings (SSSR count). The Morgan fingerprint density at radius 1 is 1.17 bits per heavy atom. The van der Waals surface area contributed by atoms with Crippen LogP contribution < -0.4 is 5.43 Å². The molecule has 0 aliphatic rings. The third-order valence-electron chi connectivity index (χ3n) is 3.48. The van der Waals surface area contributed by atoms with E-state index < -0.39 is 0 Å². The van der Waals surface area contributed by atoms with Crippen LogP contribution in [0.3, 0.4) is 0 Å². The largest absolute Gasteiger partial charge is 0.361 e. The van der Waals surface area contributed by atoms with Crippen molar-refractivity contribution in [1.29, 1.82) is 0 Å². The van der Waals surface area contributed by atoms with Crippen molar-refractivity contribution in [3.63, 3.8) is 0 Å². The maximum Gasteiger partial charge on any atom is 0.300 e. The van der Waals surface area contributed by atoms with Crippen molar-refractivity contribution in [2.45, 2.75) is 0 Å². The fourth-order valence-corrected chi connectivity index (χ4v) is 3.23. The Balaban J connectivity index is 1.52. The van der Waals surface area contributed by atoms with Gasteiger partial charge in [0.1, 0.15) is 0 Å². The predicted octanol–water partition coefficient (Wildman–Crippen LogP) is 3.54. The summed E-state index contributed by atoms with van der Waals surface area (Å²) < 4.78 is 0.984. The van der Waals surface area contributed by atoms with E-state index >= 15 is 0 Å². The third-order valence-corrected chi connectivity index (χ3v) is 4.51. The first-order valence-electron chi connectivity index (χ1n) is 7.06. The molecule has 0 spiro atoms. The van der Waals surface area contributed by atoms with Crippen LogP contribution in [0.25, 0.3) is 21.1 Å². The van der Waals surface area contributed by atoms with E-state index in [0.29, 0.717) is 5.01 Å². The number of hydrazone groups is 1. The lowest BCUT2D eigenvalue weighted by Crippen LogP contribution is -2.17. The highest BCUT2D eigenvalue weighted by Gasteiger charge is 2.11. The molecule has 0 saturated carbocycles. The number of nitrogens with zero attached hydrogens (tertiary/aromatic N) is 2. The molecule has 0 bridgehead atoms. The quantitative estimate of drug-likeness (QED) is 0.448. The molecule has 0 unspecified atom stereocenters. The lowest BCUT2D eigenvalue weighted by molar-refractivity contribution is 0.0955. The minimum absolute atomic E-state index is 0.303. The number of para-hydroxylation sites is 2. The summed E-state index contributed by atoms with van der Waals surface area (Å²) in [6.45, 7) is 0. The Morgan fingerprint density at radius 2 is 2.00 bits per heavy atom. The van der Waals surface area contributed by atoms with Gasteiger partial charge in [-0.1, -0.05) is 30.3 Å². The minimum atomic E-state index is -0.303. The SMILES string of the molecule is O=C(NN=Cc1c[nH]c2ccccc12)c1nc2ccccc2s1. The number of thiazole rings is 1. The van der Waals surface area contributed by atoms with Gasteiger partial charge in [0.15, 0.2) is 5.01 Å². The molecule has 23 heavy (non-hydrogen) atoms. The van der Waals surface area contributed by atoms with Gasteiger partial charge in [-0.15, -0.1) is 11.3 Å². The molecule has 1 amide bonds. The van der Waals surface area contributed by atoms with E-state index in [0.717, 1.165) is 26.7 Å². The lowest BCUT2D eigenvalue weighted by atomic mass is 10.2. The van der Waals surface area contributed by atoms with Gasteiger partial charge in [0, 0.05) is 22.7 Å². The standard InChI is InChI=1S/C17H12N4OS/c22-16(17-20-14-7-3-4-8-15(14)23-17)21-19-10-11-9-18-13-6-2-1-5-12(11)13/h1-10,18H,(H,21,22). The highest BCUT2D eigenvalue weighted by molar-refractivity contribution is 7.20. The predicted molar refractivity (Wildman–Crippen MR) is 93.0 cm³/mol. The van der Waals surface area contributed by atoms with Crippen LogP contribution in [-0.4, -0.2) is 22.1 Å². The zero-order valence-corrected chi connectivity index (χ0v) is 12.8. The van der Waals surface area contributed by atoms with Crippen LogP contribution in [0.2, 0.25) is 0 Å². The average Bonchev–Trinajstić information content (AvgIpc) is 3.19. The molecular formula is C17H12N4OS. The highest BCUT2D eigenvalue weighted by atomic mass is 32.1. The smallest absolute Gasteiger partial charge is 0.300 e. The molecule has 0 radical (unpaired) electrons. The Hall–Kier alpha value is -2.99. The van der Waals surface area contributed by atoms with Gasteiger partial charge < -0.3 is 4.98 Å². The Kier molecular flexibility index (Phi) is 3.36. The molecule has 0 saturated heterocycles. The average molecular weight is 320 g/mol. The number of aromatic amines is 1. The minimum Gasteiger partial charge on any atom is -0.361 e. The normalized spacial score (nSPS) is 11.5. The van der Waals surface area contributed by atoms with Gasteiger partial charge in [-0.2, -0.15) is 5.10 Å². The number of hydrogen-bond acceptors (Lipinski definition) is 4. The number of fused-ring (bicyclic) bond motifs is 2. The molecule has 0 atom stereocenters. The molecule has 2 heterocycles. The van der Waals surface area contributed by atoms with Crippen LogP contribution in [0.5, 0.6) is 0 Å². The third kappa shape index (κ3) is 2.60. The number of carbonyl (C=O) groups is 1. The fourth-order valence-electron chi connectivity index (χ4n) is 2.38. The topological polar surface area (TPSA) is 70.1 Å². The number of amides is 1. The Bertz CT molecular complexity index is 998. The summed E-state index contributed by atoms with van der Waals surface area (Å²) in [5.74, 6) is -0.303. The van der Waals surface area contributed by atoms with Gasteiger partial charge in [0.05, 0.1) is 16.4 Å². The summed E-state index contributed by atoms with van der Waals surface area (Å²) in [6, 6.07) is 15.6. The van der Waals surface area contributed by atoms with Gasteiger partial charge in [0.25, 0.3) is 5.91 Å². The van der Waals surface area contributed by atoms with Crippen LogP contribution in [0.1, 0.15) is 15.4 Å². The summed E-state index contributed by atoms with van der Waals surface area (Å²) in [5, 5.41) is 5.50. The molecule has 2 aromatic carbocycles. The summed E-state index contributed by atoms with van der Waals surface area (Å²) >= 11 is 1.35. The Labute approximate surface area is 135 Å². The fraction of sp³-hybridized carbons (Fsp3) is 0. The van der Waals surface area contributed by atoms with E-state index in [-0.39, 0.29) is 5.91 Å². The maximum absolute atomic E-state index is 12.1. The van der Waals surface area contributed by atoms with Gasteiger partial charge >= 0.3 is 0 Å². The molecule has 0 aliphatic heterocycles. The monoisotopic (exact) mass is 320 g/mol. The molecular weight excluding hydrogens is 308 g/mol. The van der Waals surface area contributed by atoms with Crippen LogP contribution in [0, 0.1) is 0 Å². The second-order valence-electron chi connectivity index (χ2n) is 4.98. The van der Waals surface area contributed by atoms with Gasteiger partial charge in [-0.25, -0.2) is 10.4 Å². The number of H-pyrrole nitrogens is 1. The number of nitrogens with one attached hydrogen (secondary N) is 2. The second-order valence-corrected chi connectivity index (χ2v) is 6.01. The summed E-state index contributed by atoms with van der Waals surface area (Å²) in [7, 11) is 0. The van der Waals surface area contributed by atoms with E-state index in [2.05, 4.69) is 20.5 Å². The lowest BCUT2D eigenvalue weighted by Gasteiger charge is -1.94.